The summed E-state index contributed by atoms with van der Waals surface area (Å²) in [5.74, 6) is -0.139. The van der Waals surface area contributed by atoms with E-state index in [-0.39, 0.29) is 16.6 Å². The second-order valence-corrected chi connectivity index (χ2v) is 8.67. The van der Waals surface area contributed by atoms with Gasteiger partial charge in [0.1, 0.15) is 0 Å². The van der Waals surface area contributed by atoms with Crippen molar-refractivity contribution in [1.29, 1.82) is 0 Å². The van der Waals surface area contributed by atoms with Crippen LogP contribution >= 0.6 is 23.2 Å². The van der Waals surface area contributed by atoms with E-state index >= 15 is 0 Å². The molecular weight excluding hydrogens is 381 g/mol. The van der Waals surface area contributed by atoms with Crippen molar-refractivity contribution in [1.82, 2.24) is 0 Å². The van der Waals surface area contributed by atoms with Crippen molar-refractivity contribution in [2.24, 2.45) is 0 Å². The molecule has 0 aliphatic heterocycles. The second kappa shape index (κ2) is 8.70. The quantitative estimate of drug-likeness (QED) is 0.730. The van der Waals surface area contributed by atoms with Gasteiger partial charge in [-0.3, -0.25) is 4.79 Å². The maximum absolute atomic E-state index is 12.0. The standard InChI is InChI=1S/C18H19Cl2NO3S/c1-2-25(23,24)15-7-4-6-14(12-15)21-18(22)8-3-5-13-9-10-16(19)17(20)11-13/h4,6-7,9-12H,2-3,5,8H2,1H3,(H,21,22). The number of rotatable bonds is 7. The van der Waals surface area contributed by atoms with Gasteiger partial charge in [-0.2, -0.15) is 0 Å². The van der Waals surface area contributed by atoms with E-state index in [2.05, 4.69) is 5.32 Å². The number of hydrogen-bond donors (Lipinski definition) is 1. The molecule has 0 aromatic heterocycles. The van der Waals surface area contributed by atoms with E-state index < -0.39 is 9.84 Å². The molecular formula is C18H19Cl2NO3S. The highest BCUT2D eigenvalue weighted by atomic mass is 35.5. The molecule has 4 nitrogen and oxygen atoms in total. The fraction of sp³-hybridized carbons (Fsp3) is 0.278. The highest BCUT2D eigenvalue weighted by Crippen LogP contribution is 2.23. The van der Waals surface area contributed by atoms with Gasteiger partial charge in [0.05, 0.1) is 20.7 Å². The Bertz CT molecular complexity index is 866. The zero-order valence-electron chi connectivity index (χ0n) is 13.8. The van der Waals surface area contributed by atoms with Crippen LogP contribution in [0.2, 0.25) is 10.0 Å². The third-order valence-corrected chi connectivity index (χ3v) is 6.18. The van der Waals surface area contributed by atoms with E-state index in [0.717, 1.165) is 5.56 Å². The van der Waals surface area contributed by atoms with Crippen LogP contribution in [0.15, 0.2) is 47.4 Å². The van der Waals surface area contributed by atoms with E-state index in [1.54, 1.807) is 31.2 Å². The Morgan fingerprint density at radius 3 is 2.52 bits per heavy atom. The van der Waals surface area contributed by atoms with Gasteiger partial charge in [0.25, 0.3) is 0 Å². The molecule has 0 spiro atoms. The van der Waals surface area contributed by atoms with Gasteiger partial charge in [-0.05, 0) is 48.7 Å². The molecule has 0 heterocycles. The molecule has 7 heteroatoms. The number of carbonyl (C=O) groups excluding carboxylic acids is 1. The molecule has 0 aliphatic rings. The van der Waals surface area contributed by atoms with Crippen molar-refractivity contribution in [2.75, 3.05) is 11.1 Å². The van der Waals surface area contributed by atoms with Crippen LogP contribution in [0.25, 0.3) is 0 Å². The molecule has 2 rings (SSSR count). The molecule has 134 valence electrons. The van der Waals surface area contributed by atoms with Crippen molar-refractivity contribution in [2.45, 2.75) is 31.1 Å². The summed E-state index contributed by atoms with van der Waals surface area (Å²) in [6.45, 7) is 1.59. The highest BCUT2D eigenvalue weighted by molar-refractivity contribution is 7.91. The minimum Gasteiger partial charge on any atom is -0.326 e. The average molecular weight is 400 g/mol. The van der Waals surface area contributed by atoms with Crippen molar-refractivity contribution in [3.05, 3.63) is 58.1 Å². The van der Waals surface area contributed by atoms with Gasteiger partial charge >= 0.3 is 0 Å². The summed E-state index contributed by atoms with van der Waals surface area (Å²) in [5, 5.41) is 3.74. The van der Waals surface area contributed by atoms with Crippen molar-refractivity contribution in [3.63, 3.8) is 0 Å². The lowest BCUT2D eigenvalue weighted by Crippen LogP contribution is -2.12. The molecule has 0 unspecified atom stereocenters. The number of aryl methyl sites for hydroxylation is 1. The molecule has 1 N–H and O–H groups in total. The van der Waals surface area contributed by atoms with E-state index in [9.17, 15) is 13.2 Å². The number of amides is 1. The Morgan fingerprint density at radius 1 is 1.08 bits per heavy atom. The lowest BCUT2D eigenvalue weighted by atomic mass is 10.1. The first-order chi connectivity index (χ1) is 11.8. The molecule has 0 saturated carbocycles. The van der Waals surface area contributed by atoms with E-state index in [1.165, 1.54) is 12.1 Å². The largest absolute Gasteiger partial charge is 0.326 e. The van der Waals surface area contributed by atoms with Crippen LogP contribution in [-0.4, -0.2) is 20.1 Å². The third-order valence-electron chi connectivity index (χ3n) is 3.71. The Labute approximate surface area is 158 Å². The summed E-state index contributed by atoms with van der Waals surface area (Å²) in [5.41, 5.74) is 1.49. The number of sulfone groups is 1. The van der Waals surface area contributed by atoms with Crippen molar-refractivity contribution in [3.8, 4) is 0 Å². The summed E-state index contributed by atoms with van der Waals surface area (Å²) < 4.78 is 23.8. The molecule has 0 radical (unpaired) electrons. The summed E-state index contributed by atoms with van der Waals surface area (Å²) in [4.78, 5) is 12.3. The van der Waals surface area contributed by atoms with Gasteiger partial charge in [-0.1, -0.05) is 42.3 Å². The van der Waals surface area contributed by atoms with Gasteiger partial charge in [0, 0.05) is 12.1 Å². The summed E-state index contributed by atoms with van der Waals surface area (Å²) in [7, 11) is -3.29. The van der Waals surface area contributed by atoms with Crippen molar-refractivity contribution < 1.29 is 13.2 Å². The molecule has 0 fully saturated rings. The summed E-state index contributed by atoms with van der Waals surface area (Å²) >= 11 is 11.8. The van der Waals surface area contributed by atoms with Crippen molar-refractivity contribution >= 4 is 44.6 Å². The van der Waals surface area contributed by atoms with Crippen LogP contribution in [0.1, 0.15) is 25.3 Å². The normalized spacial score (nSPS) is 11.3. The van der Waals surface area contributed by atoms with Gasteiger partial charge in [-0.15, -0.1) is 0 Å². The smallest absolute Gasteiger partial charge is 0.224 e. The molecule has 0 atom stereocenters. The summed E-state index contributed by atoms with van der Waals surface area (Å²) in [6.07, 6.45) is 1.68. The molecule has 0 bridgehead atoms. The van der Waals surface area contributed by atoms with Gasteiger partial charge in [0.2, 0.25) is 5.91 Å². The van der Waals surface area contributed by atoms with Gasteiger partial charge in [-0.25, -0.2) is 8.42 Å². The highest BCUT2D eigenvalue weighted by Gasteiger charge is 2.12. The van der Waals surface area contributed by atoms with Gasteiger partial charge < -0.3 is 5.32 Å². The molecule has 25 heavy (non-hydrogen) atoms. The topological polar surface area (TPSA) is 63.2 Å². The predicted octanol–water partition coefficient (Wildman–Crippen LogP) is 4.75. The van der Waals surface area contributed by atoms with Crippen LogP contribution < -0.4 is 5.32 Å². The van der Waals surface area contributed by atoms with Crippen LogP contribution in [-0.2, 0) is 21.1 Å². The van der Waals surface area contributed by atoms with E-state index in [1.807, 2.05) is 6.07 Å². The van der Waals surface area contributed by atoms with E-state index in [4.69, 9.17) is 23.2 Å². The Morgan fingerprint density at radius 2 is 1.84 bits per heavy atom. The molecule has 0 aliphatic carbocycles. The molecule has 2 aromatic rings. The molecule has 0 saturated heterocycles. The molecule has 1 amide bonds. The maximum atomic E-state index is 12.0. The Kier molecular flexibility index (Phi) is 6.87. The third kappa shape index (κ3) is 5.73. The van der Waals surface area contributed by atoms with Crippen LogP contribution in [0.3, 0.4) is 0 Å². The summed E-state index contributed by atoms with van der Waals surface area (Å²) in [6, 6.07) is 11.7. The zero-order valence-corrected chi connectivity index (χ0v) is 16.1. The monoisotopic (exact) mass is 399 g/mol. The zero-order chi connectivity index (χ0) is 18.4. The first-order valence-corrected chi connectivity index (χ1v) is 10.3. The lowest BCUT2D eigenvalue weighted by molar-refractivity contribution is -0.116. The SMILES string of the molecule is CCS(=O)(=O)c1cccc(NC(=O)CCCc2ccc(Cl)c(Cl)c2)c1. The second-order valence-electron chi connectivity index (χ2n) is 5.58. The number of anilines is 1. The fourth-order valence-electron chi connectivity index (χ4n) is 2.31. The lowest BCUT2D eigenvalue weighted by Gasteiger charge is -2.08. The number of hydrogen-bond acceptors (Lipinski definition) is 3. The van der Waals surface area contributed by atoms with Gasteiger partial charge in [0.15, 0.2) is 9.84 Å². The minimum absolute atomic E-state index is 0.0219. The average Bonchev–Trinajstić information content (AvgIpc) is 2.58. The fourth-order valence-corrected chi connectivity index (χ4v) is 3.55. The first-order valence-electron chi connectivity index (χ1n) is 7.88. The van der Waals surface area contributed by atoms with Crippen LogP contribution in [0.5, 0.6) is 0 Å². The number of nitrogens with one attached hydrogen (secondary N) is 1. The Hall–Kier alpha value is -1.56. The van der Waals surface area contributed by atoms with E-state index in [0.29, 0.717) is 35.0 Å². The number of halogens is 2. The number of carbonyl (C=O) groups is 1. The van der Waals surface area contributed by atoms with Crippen LogP contribution in [0, 0.1) is 0 Å². The molecule has 2 aromatic carbocycles. The minimum atomic E-state index is -3.29. The first kappa shape index (κ1) is 19.8. The maximum Gasteiger partial charge on any atom is 0.224 e. The predicted molar refractivity (Wildman–Crippen MR) is 102 cm³/mol. The Balaban J connectivity index is 1.90. The number of benzene rings is 2. The van der Waals surface area contributed by atoms with Crippen LogP contribution in [0.4, 0.5) is 5.69 Å².